The maximum Gasteiger partial charge on any atom is 0.247 e. The number of amides is 3. The van der Waals surface area contributed by atoms with Crippen LogP contribution in [0.15, 0.2) is 54.6 Å². The van der Waals surface area contributed by atoms with E-state index in [2.05, 4.69) is 10.6 Å². The molecule has 1 unspecified atom stereocenters. The Labute approximate surface area is 177 Å². The fourth-order valence-electron chi connectivity index (χ4n) is 3.54. The van der Waals surface area contributed by atoms with Crippen LogP contribution in [-0.4, -0.2) is 24.3 Å². The minimum atomic E-state index is -0.737. The zero-order valence-corrected chi connectivity index (χ0v) is 17.6. The van der Waals surface area contributed by atoms with E-state index in [4.69, 9.17) is 0 Å². The molecule has 1 aliphatic rings. The molecule has 3 rings (SSSR count). The number of rotatable bonds is 8. The lowest BCUT2D eigenvalue weighted by molar-refractivity contribution is -0.129. The summed E-state index contributed by atoms with van der Waals surface area (Å²) in [6.45, 7) is 5.04. The van der Waals surface area contributed by atoms with E-state index >= 15 is 0 Å². The van der Waals surface area contributed by atoms with Crippen LogP contribution in [0.5, 0.6) is 0 Å². The van der Waals surface area contributed by atoms with E-state index in [9.17, 15) is 14.4 Å². The Morgan fingerprint density at radius 3 is 2.33 bits per heavy atom. The quantitative estimate of drug-likeness (QED) is 0.705. The average molecular weight is 408 g/mol. The van der Waals surface area contributed by atoms with Crippen molar-refractivity contribution in [2.45, 2.75) is 45.7 Å². The van der Waals surface area contributed by atoms with Crippen LogP contribution in [0.1, 0.15) is 50.3 Å². The standard InChI is InChI=1S/C24H29N3O3/c1-17(2)15-21(28)26-23(19-7-4-3-5-8-19)24(30)25-16-18-10-12-20(13-11-18)27-14-6-9-22(27)29/h3-5,7-8,10-13,17,23H,6,9,14-16H2,1-2H3,(H,25,30)(H,26,28). The Balaban J connectivity index is 1.63. The molecule has 2 N–H and O–H groups in total. The van der Waals surface area contributed by atoms with Crippen molar-refractivity contribution in [2.75, 3.05) is 11.4 Å². The predicted molar refractivity (Wildman–Crippen MR) is 117 cm³/mol. The second-order valence-electron chi connectivity index (χ2n) is 8.04. The molecule has 1 atom stereocenters. The second kappa shape index (κ2) is 10.1. The van der Waals surface area contributed by atoms with Gasteiger partial charge in [0.05, 0.1) is 0 Å². The number of carbonyl (C=O) groups is 3. The van der Waals surface area contributed by atoms with Crippen LogP contribution in [0.25, 0.3) is 0 Å². The molecule has 2 aromatic rings. The molecule has 1 heterocycles. The monoisotopic (exact) mass is 407 g/mol. The molecular weight excluding hydrogens is 378 g/mol. The molecular formula is C24H29N3O3. The molecule has 158 valence electrons. The van der Waals surface area contributed by atoms with Gasteiger partial charge in [0.15, 0.2) is 0 Å². The Bertz CT molecular complexity index is 878. The van der Waals surface area contributed by atoms with Crippen LogP contribution in [0.3, 0.4) is 0 Å². The molecule has 2 aromatic carbocycles. The predicted octanol–water partition coefficient (Wildman–Crippen LogP) is 3.33. The largest absolute Gasteiger partial charge is 0.350 e. The van der Waals surface area contributed by atoms with E-state index in [0.29, 0.717) is 19.4 Å². The van der Waals surface area contributed by atoms with E-state index in [-0.39, 0.29) is 23.6 Å². The fourth-order valence-corrected chi connectivity index (χ4v) is 3.54. The summed E-state index contributed by atoms with van der Waals surface area (Å²) in [5.41, 5.74) is 2.56. The molecule has 1 fully saturated rings. The fraction of sp³-hybridized carbons (Fsp3) is 0.375. The lowest BCUT2D eigenvalue weighted by atomic mass is 10.0. The highest BCUT2D eigenvalue weighted by molar-refractivity contribution is 5.95. The summed E-state index contributed by atoms with van der Waals surface area (Å²) in [4.78, 5) is 38.8. The van der Waals surface area contributed by atoms with Gasteiger partial charge in [-0.05, 0) is 35.6 Å². The van der Waals surface area contributed by atoms with E-state index in [1.54, 1.807) is 4.90 Å². The topological polar surface area (TPSA) is 78.5 Å². The summed E-state index contributed by atoms with van der Waals surface area (Å²) < 4.78 is 0. The SMILES string of the molecule is CC(C)CC(=O)NC(C(=O)NCc1ccc(N2CCCC2=O)cc1)c1ccccc1. The number of hydrogen-bond donors (Lipinski definition) is 2. The summed E-state index contributed by atoms with van der Waals surface area (Å²) in [6.07, 6.45) is 1.86. The maximum atomic E-state index is 12.9. The molecule has 0 aliphatic carbocycles. The molecule has 0 aromatic heterocycles. The molecule has 6 nitrogen and oxygen atoms in total. The first-order valence-corrected chi connectivity index (χ1v) is 10.5. The minimum absolute atomic E-state index is 0.145. The van der Waals surface area contributed by atoms with Gasteiger partial charge in [0.25, 0.3) is 0 Å². The van der Waals surface area contributed by atoms with E-state index in [1.807, 2.05) is 68.4 Å². The zero-order valence-electron chi connectivity index (χ0n) is 17.6. The number of carbonyl (C=O) groups excluding carboxylic acids is 3. The Kier molecular flexibility index (Phi) is 7.22. The van der Waals surface area contributed by atoms with Crippen molar-refractivity contribution in [3.63, 3.8) is 0 Å². The van der Waals surface area contributed by atoms with Gasteiger partial charge in [0, 0.05) is 31.6 Å². The molecule has 1 saturated heterocycles. The zero-order chi connectivity index (χ0) is 21.5. The van der Waals surface area contributed by atoms with Crippen LogP contribution in [-0.2, 0) is 20.9 Å². The van der Waals surface area contributed by atoms with Crippen molar-refractivity contribution in [2.24, 2.45) is 5.92 Å². The van der Waals surface area contributed by atoms with Gasteiger partial charge in [0.2, 0.25) is 17.7 Å². The van der Waals surface area contributed by atoms with Gasteiger partial charge in [-0.3, -0.25) is 14.4 Å². The van der Waals surface area contributed by atoms with Crippen molar-refractivity contribution in [3.05, 3.63) is 65.7 Å². The molecule has 0 radical (unpaired) electrons. The lowest BCUT2D eigenvalue weighted by Crippen LogP contribution is -2.40. The second-order valence-corrected chi connectivity index (χ2v) is 8.04. The van der Waals surface area contributed by atoms with Gasteiger partial charge in [0.1, 0.15) is 6.04 Å². The van der Waals surface area contributed by atoms with E-state index < -0.39 is 6.04 Å². The highest BCUT2D eigenvalue weighted by Gasteiger charge is 2.23. The van der Waals surface area contributed by atoms with Gasteiger partial charge in [-0.15, -0.1) is 0 Å². The van der Waals surface area contributed by atoms with Crippen LogP contribution in [0.4, 0.5) is 5.69 Å². The maximum absolute atomic E-state index is 12.9. The first kappa shape index (κ1) is 21.6. The highest BCUT2D eigenvalue weighted by atomic mass is 16.2. The van der Waals surface area contributed by atoms with E-state index in [1.165, 1.54) is 0 Å². The minimum Gasteiger partial charge on any atom is -0.350 e. The summed E-state index contributed by atoms with van der Waals surface area (Å²) in [5, 5.41) is 5.78. The molecule has 30 heavy (non-hydrogen) atoms. The van der Waals surface area contributed by atoms with Crippen LogP contribution >= 0.6 is 0 Å². The van der Waals surface area contributed by atoms with Gasteiger partial charge in [-0.2, -0.15) is 0 Å². The Morgan fingerprint density at radius 1 is 1.03 bits per heavy atom. The number of nitrogens with zero attached hydrogens (tertiary/aromatic N) is 1. The van der Waals surface area contributed by atoms with E-state index in [0.717, 1.165) is 29.8 Å². The summed E-state index contributed by atoms with van der Waals surface area (Å²) in [6, 6.07) is 16.1. The van der Waals surface area contributed by atoms with Gasteiger partial charge in [-0.25, -0.2) is 0 Å². The summed E-state index contributed by atoms with van der Waals surface area (Å²) in [5.74, 6) is -0.0323. The van der Waals surface area contributed by atoms with Crippen LogP contribution in [0, 0.1) is 5.92 Å². The third-order valence-electron chi connectivity index (χ3n) is 5.08. The number of benzene rings is 2. The molecule has 0 bridgehead atoms. The lowest BCUT2D eigenvalue weighted by Gasteiger charge is -2.20. The van der Waals surface area contributed by atoms with Crippen molar-refractivity contribution < 1.29 is 14.4 Å². The molecule has 0 spiro atoms. The van der Waals surface area contributed by atoms with Crippen LogP contribution in [0.2, 0.25) is 0 Å². The molecule has 3 amide bonds. The van der Waals surface area contributed by atoms with Gasteiger partial charge in [-0.1, -0.05) is 56.3 Å². The first-order valence-electron chi connectivity index (χ1n) is 10.5. The van der Waals surface area contributed by atoms with Crippen molar-refractivity contribution in [1.82, 2.24) is 10.6 Å². The smallest absolute Gasteiger partial charge is 0.247 e. The van der Waals surface area contributed by atoms with Crippen molar-refractivity contribution in [3.8, 4) is 0 Å². The van der Waals surface area contributed by atoms with Gasteiger partial charge < -0.3 is 15.5 Å². The number of hydrogen-bond acceptors (Lipinski definition) is 3. The molecule has 1 aliphatic heterocycles. The van der Waals surface area contributed by atoms with Crippen LogP contribution < -0.4 is 15.5 Å². The Hall–Kier alpha value is -3.15. The molecule has 6 heteroatoms. The average Bonchev–Trinajstić information content (AvgIpc) is 3.16. The third kappa shape index (κ3) is 5.69. The van der Waals surface area contributed by atoms with Crippen molar-refractivity contribution >= 4 is 23.4 Å². The Morgan fingerprint density at radius 2 is 1.73 bits per heavy atom. The molecule has 0 saturated carbocycles. The highest BCUT2D eigenvalue weighted by Crippen LogP contribution is 2.21. The normalized spacial score (nSPS) is 14.6. The van der Waals surface area contributed by atoms with Crippen molar-refractivity contribution in [1.29, 1.82) is 0 Å². The summed E-state index contributed by atoms with van der Waals surface area (Å²) >= 11 is 0. The number of anilines is 1. The third-order valence-corrected chi connectivity index (χ3v) is 5.08. The summed E-state index contributed by atoms with van der Waals surface area (Å²) in [7, 11) is 0. The number of nitrogens with one attached hydrogen (secondary N) is 2. The van der Waals surface area contributed by atoms with Gasteiger partial charge >= 0.3 is 0 Å². The first-order chi connectivity index (χ1) is 14.4.